The quantitative estimate of drug-likeness (QED) is 0.521. The molecule has 2 atom stereocenters. The number of hydrogen-bond donors (Lipinski definition) is 0. The predicted octanol–water partition coefficient (Wildman–Crippen LogP) is 6.50. The molecule has 2 unspecified atom stereocenters. The van der Waals surface area contributed by atoms with Crippen molar-refractivity contribution in [3.63, 3.8) is 0 Å². The van der Waals surface area contributed by atoms with Crippen LogP contribution in [0.4, 0.5) is 0 Å². The van der Waals surface area contributed by atoms with E-state index in [1.807, 2.05) is 0 Å². The van der Waals surface area contributed by atoms with E-state index < -0.39 is 0 Å². The Hall–Kier alpha value is -0.0400. The van der Waals surface area contributed by atoms with Gasteiger partial charge in [0.05, 0.1) is 0 Å². The molecule has 3 aliphatic carbocycles. The fourth-order valence-corrected chi connectivity index (χ4v) is 5.83. The maximum absolute atomic E-state index is 2.48. The highest BCUT2D eigenvalue weighted by molar-refractivity contribution is 4.84. The molecule has 3 fully saturated rings. The van der Waals surface area contributed by atoms with Crippen LogP contribution in [0, 0.1) is 35.5 Å². The van der Waals surface area contributed by atoms with Crippen molar-refractivity contribution in [2.45, 2.75) is 97.3 Å². The van der Waals surface area contributed by atoms with Crippen LogP contribution in [0.2, 0.25) is 0 Å². The second-order valence-electron chi connectivity index (χ2n) is 9.07. The average molecular weight is 313 g/mol. The van der Waals surface area contributed by atoms with Crippen molar-refractivity contribution in [1.29, 1.82) is 0 Å². The summed E-state index contributed by atoms with van der Waals surface area (Å²) in [6.45, 7) is 4.93. The van der Waals surface area contributed by atoms with Crippen molar-refractivity contribution in [2.24, 2.45) is 35.5 Å². The van der Waals surface area contributed by atoms with E-state index in [0.29, 0.717) is 0 Å². The van der Waals surface area contributed by atoms with Gasteiger partial charge in [0, 0.05) is 2.85 Å². The van der Waals surface area contributed by atoms with E-state index in [1.165, 1.54) is 32.1 Å². The fourth-order valence-electron chi connectivity index (χ4n) is 5.83. The Labute approximate surface area is 141 Å². The highest BCUT2D eigenvalue weighted by Gasteiger charge is 2.33. The van der Waals surface area contributed by atoms with Gasteiger partial charge in [-0.05, 0) is 80.5 Å². The summed E-state index contributed by atoms with van der Waals surface area (Å²) in [6.07, 6.45) is 20.1. The van der Waals surface area contributed by atoms with Gasteiger partial charge in [0.15, 0.2) is 0 Å². The van der Waals surface area contributed by atoms with Gasteiger partial charge in [0.2, 0.25) is 0 Å². The fraction of sp³-hybridized carbons (Fsp3) is 1.00. The minimum absolute atomic E-state index is 0. The Morgan fingerprint density at radius 3 is 1.23 bits per heavy atom. The van der Waals surface area contributed by atoms with Crippen molar-refractivity contribution in [3.8, 4) is 0 Å². The first-order chi connectivity index (χ1) is 10.2. The van der Waals surface area contributed by atoms with Crippen LogP contribution in [-0.4, -0.2) is 5.48 Å². The molecule has 0 heterocycles. The lowest BCUT2D eigenvalue weighted by Crippen LogP contribution is -2.27. The summed E-state index contributed by atoms with van der Waals surface area (Å²) in [4.78, 5) is 0. The third-order valence-corrected chi connectivity index (χ3v) is 7.51. The third-order valence-electron chi connectivity index (χ3n) is 7.51. The number of hydrogen-bond acceptors (Lipinski definition) is 0. The Morgan fingerprint density at radius 1 is 0.455 bits per heavy atom. The van der Waals surface area contributed by atoms with E-state index in [1.54, 1.807) is 51.4 Å². The molecule has 0 aliphatic heterocycles. The van der Waals surface area contributed by atoms with E-state index in [4.69, 9.17) is 0 Å². The van der Waals surface area contributed by atoms with Crippen molar-refractivity contribution in [1.82, 2.24) is 0 Å². The summed E-state index contributed by atoms with van der Waals surface area (Å²) in [5.74, 6) is 6.45. The van der Waals surface area contributed by atoms with Gasteiger partial charge in [-0.25, -0.2) is 0 Å². The summed E-state index contributed by atoms with van der Waals surface area (Å²) in [5, 5.41) is 0. The van der Waals surface area contributed by atoms with Crippen LogP contribution in [0.5, 0.6) is 0 Å². The summed E-state index contributed by atoms with van der Waals surface area (Å²) in [6, 6.07) is 0. The van der Waals surface area contributed by atoms with Gasteiger partial charge in [-0.2, -0.15) is 0 Å². The zero-order valence-electron chi connectivity index (χ0n) is 15.2. The number of rotatable bonds is 2. The van der Waals surface area contributed by atoms with E-state index in [0.717, 1.165) is 35.5 Å². The van der Waals surface area contributed by atoms with Gasteiger partial charge >= 0.3 is 0 Å². The Bertz CT molecular complexity index is 307. The van der Waals surface area contributed by atoms with Crippen LogP contribution in [-0.2, 0) is 0 Å². The molecule has 3 rings (SSSR count). The van der Waals surface area contributed by atoms with E-state index in [9.17, 15) is 0 Å². The van der Waals surface area contributed by atoms with Crippen LogP contribution >= 0.6 is 0 Å². The van der Waals surface area contributed by atoms with E-state index in [-0.39, 0.29) is 8.33 Å². The molecule has 134 valence electrons. The first-order valence-electron chi connectivity index (χ1n) is 10.2. The lowest BCUT2D eigenvalue weighted by Gasteiger charge is -2.39. The lowest BCUT2D eigenvalue weighted by molar-refractivity contribution is 0.122. The molecule has 0 aromatic rings. The first-order valence-corrected chi connectivity index (χ1v) is 10.2. The molecule has 3 saturated carbocycles. The highest BCUT2D eigenvalue weighted by atomic mass is 16.0. The van der Waals surface area contributed by atoms with Gasteiger partial charge in [-0.1, -0.05) is 52.4 Å². The van der Waals surface area contributed by atoms with Crippen LogP contribution in [0.15, 0.2) is 0 Å². The minimum atomic E-state index is 0. The molecular formula is C21H44O. The Kier molecular flexibility index (Phi) is 7.25. The molecule has 3 aliphatic rings. The van der Waals surface area contributed by atoms with Crippen LogP contribution in [0.3, 0.4) is 0 Å². The van der Waals surface area contributed by atoms with Gasteiger partial charge in [-0.3, -0.25) is 0 Å². The third kappa shape index (κ3) is 4.73. The predicted molar refractivity (Wildman–Crippen MR) is 100 cm³/mol. The lowest BCUT2D eigenvalue weighted by atomic mass is 9.67. The van der Waals surface area contributed by atoms with Gasteiger partial charge in [0.25, 0.3) is 0 Å². The van der Waals surface area contributed by atoms with Gasteiger partial charge in [-0.15, -0.1) is 0 Å². The van der Waals surface area contributed by atoms with Gasteiger partial charge in [0.1, 0.15) is 0 Å². The molecule has 0 saturated heterocycles. The molecule has 0 aromatic heterocycles. The zero-order chi connectivity index (χ0) is 14.7. The van der Waals surface area contributed by atoms with Crippen LogP contribution in [0.25, 0.3) is 0 Å². The highest BCUT2D eigenvalue weighted by Crippen LogP contribution is 2.45. The molecule has 1 nitrogen and oxygen atoms in total. The van der Waals surface area contributed by atoms with Crippen molar-refractivity contribution in [2.75, 3.05) is 0 Å². The maximum atomic E-state index is 2.48. The Morgan fingerprint density at radius 2 is 0.773 bits per heavy atom. The molecule has 22 heavy (non-hydrogen) atoms. The van der Waals surface area contributed by atoms with Crippen LogP contribution < -0.4 is 0 Å². The topological polar surface area (TPSA) is 31.5 Å². The summed E-state index contributed by atoms with van der Waals surface area (Å²) in [7, 11) is 0. The summed E-state index contributed by atoms with van der Waals surface area (Å²) >= 11 is 0. The molecule has 0 spiro atoms. The van der Waals surface area contributed by atoms with Crippen molar-refractivity contribution >= 4 is 0 Å². The molecule has 2 N–H and O–H groups in total. The zero-order valence-corrected chi connectivity index (χ0v) is 15.2. The van der Waals surface area contributed by atoms with E-state index >= 15 is 0 Å². The summed E-state index contributed by atoms with van der Waals surface area (Å²) < 4.78 is 0. The largest absolute Gasteiger partial charge is 0.412 e. The van der Waals surface area contributed by atoms with E-state index in [2.05, 4.69) is 13.8 Å². The minimum Gasteiger partial charge on any atom is -0.412 e. The SMILES string of the molecule is CC1CCCC(C2CCC(C3CCC(C)CC3)CC2)CC1.O.[HH].[HH]. The average Bonchev–Trinajstić information content (AvgIpc) is 2.73. The molecule has 0 amide bonds. The molecule has 0 bridgehead atoms. The van der Waals surface area contributed by atoms with Crippen molar-refractivity contribution < 1.29 is 8.33 Å². The molecule has 0 aromatic carbocycles. The second-order valence-corrected chi connectivity index (χ2v) is 9.07. The monoisotopic (exact) mass is 312 g/mol. The normalized spacial score (nSPS) is 43.9. The standard InChI is InChI=1S/C21H38.H2O.2H2/c1-16-4-3-5-18(9-6-16)20-12-14-21(15-13-20)19-10-7-17(2)8-11-19;;;/h16-21H,3-15H2,1-2H3;1H2;2*1H. The van der Waals surface area contributed by atoms with Crippen LogP contribution in [0.1, 0.15) is 100 Å². The Balaban J connectivity index is 0.00000176. The second kappa shape index (κ2) is 8.71. The summed E-state index contributed by atoms with van der Waals surface area (Å²) in [5.41, 5.74) is 0. The first kappa shape index (κ1) is 18.3. The maximum Gasteiger partial charge on any atom is 0 e. The van der Waals surface area contributed by atoms with Gasteiger partial charge < -0.3 is 5.48 Å². The molecular weight excluding hydrogens is 268 g/mol. The molecule has 1 heteroatoms. The molecule has 0 radical (unpaired) electrons. The smallest absolute Gasteiger partial charge is 0 e. The van der Waals surface area contributed by atoms with Crippen molar-refractivity contribution in [3.05, 3.63) is 0 Å².